The number of alkyl halides is 2. The molecule has 1 aliphatic carbocycles. The topological polar surface area (TPSA) is 0 Å². The summed E-state index contributed by atoms with van der Waals surface area (Å²) in [6.07, 6.45) is 8.09. The molecule has 0 aromatic heterocycles. The van der Waals surface area contributed by atoms with Crippen molar-refractivity contribution in [2.45, 2.75) is 27.1 Å². The molecule has 0 fully saturated rings. The molecule has 0 unspecified atom stereocenters. The van der Waals surface area contributed by atoms with Gasteiger partial charge in [-0.05, 0) is 17.6 Å². The third-order valence-corrected chi connectivity index (χ3v) is 4.92. The molecule has 17 heavy (non-hydrogen) atoms. The van der Waals surface area contributed by atoms with Crippen molar-refractivity contribution in [2.24, 2.45) is 0 Å². The molecule has 0 bridgehead atoms. The molecule has 0 N–H and O–H groups in total. The minimum atomic E-state index is 0.0988. The lowest BCUT2D eigenvalue weighted by Gasteiger charge is -2.31. The van der Waals surface area contributed by atoms with Crippen LogP contribution in [-0.2, 0) is 5.41 Å². The summed E-state index contributed by atoms with van der Waals surface area (Å²) in [4.78, 5) is 0. The van der Waals surface area contributed by atoms with E-state index < -0.39 is 0 Å². The smallest absolute Gasteiger partial charge is 0.0780 e. The molecule has 0 amide bonds. The second kappa shape index (κ2) is 5.03. The lowest BCUT2D eigenvalue weighted by Crippen LogP contribution is -2.22. The van der Waals surface area contributed by atoms with Crippen molar-refractivity contribution < 1.29 is 0 Å². The van der Waals surface area contributed by atoms with Crippen LogP contribution in [0.3, 0.4) is 0 Å². The number of hydrogen-bond donors (Lipinski definition) is 0. The second-order valence-electron chi connectivity index (χ2n) is 4.95. The van der Waals surface area contributed by atoms with Crippen molar-refractivity contribution in [3.05, 3.63) is 59.7 Å². The Morgan fingerprint density at radius 3 is 2.29 bits per heavy atom. The molecule has 1 aliphatic rings. The molecule has 0 heterocycles. The molecule has 90 valence electrons. The van der Waals surface area contributed by atoms with Crippen molar-refractivity contribution in [1.29, 1.82) is 0 Å². The molecule has 0 saturated carbocycles. The molecule has 0 aliphatic heterocycles. The summed E-state index contributed by atoms with van der Waals surface area (Å²) in [5, 5.41) is 0. The van der Waals surface area contributed by atoms with Gasteiger partial charge in [0.05, 0.1) is 1.43 Å². The van der Waals surface area contributed by atoms with Crippen LogP contribution in [0.1, 0.15) is 25.8 Å². The monoisotopic (exact) mass is 450 g/mol. The molecular weight excluding hydrogens is 434 g/mol. The summed E-state index contributed by atoms with van der Waals surface area (Å²) in [6, 6.07) is 10.7. The Kier molecular flexibility index (Phi) is 4.02. The Morgan fingerprint density at radius 2 is 1.76 bits per heavy atom. The standard InChI is InChI=1S/C15H16I2/c1-14(2,12-6-4-3-5-7-12)13-8-10-15(16,17)11-9-13/h3-10H,11H2,1-2H3. The average molecular weight is 450 g/mol. The van der Waals surface area contributed by atoms with Crippen LogP contribution in [0, 0.1) is 0 Å². The number of rotatable bonds is 2. The van der Waals surface area contributed by atoms with Crippen molar-refractivity contribution in [3.63, 3.8) is 0 Å². The van der Waals surface area contributed by atoms with E-state index in [9.17, 15) is 0 Å². The number of hydrogen-bond acceptors (Lipinski definition) is 0. The zero-order chi connectivity index (χ0) is 12.5. The van der Waals surface area contributed by atoms with Crippen molar-refractivity contribution in [3.8, 4) is 0 Å². The van der Waals surface area contributed by atoms with Crippen LogP contribution < -0.4 is 0 Å². The fraction of sp³-hybridized carbons (Fsp3) is 0.333. The summed E-state index contributed by atoms with van der Waals surface area (Å²) < 4.78 is 0.256. The molecule has 2 heteroatoms. The van der Waals surface area contributed by atoms with Crippen molar-refractivity contribution >= 4 is 45.2 Å². The van der Waals surface area contributed by atoms with E-state index in [2.05, 4.69) is 108 Å². The fourth-order valence-corrected chi connectivity index (χ4v) is 2.88. The van der Waals surface area contributed by atoms with Gasteiger partial charge < -0.3 is 0 Å². The molecule has 1 aromatic rings. The Balaban J connectivity index is 2.30. The van der Waals surface area contributed by atoms with E-state index in [4.69, 9.17) is 0 Å². The minimum absolute atomic E-state index is 0.0988. The molecular formula is C15H16I2. The largest absolute Gasteiger partial charge is 0.0950 e. The van der Waals surface area contributed by atoms with Crippen molar-refractivity contribution in [2.75, 3.05) is 0 Å². The van der Waals surface area contributed by atoms with E-state index >= 15 is 0 Å². The first-order valence-electron chi connectivity index (χ1n) is 5.75. The number of halogens is 2. The van der Waals surface area contributed by atoms with Gasteiger partial charge in [0.25, 0.3) is 0 Å². The van der Waals surface area contributed by atoms with Crippen LogP contribution in [0.15, 0.2) is 54.1 Å². The summed E-state index contributed by atoms with van der Waals surface area (Å²) in [6.45, 7) is 4.60. The molecule has 0 spiro atoms. The van der Waals surface area contributed by atoms with E-state index in [-0.39, 0.29) is 6.84 Å². The van der Waals surface area contributed by atoms with Gasteiger partial charge in [-0.2, -0.15) is 0 Å². The highest BCUT2D eigenvalue weighted by atomic mass is 127. The maximum Gasteiger partial charge on any atom is 0.0950 e. The maximum absolute atomic E-state index is 2.50. The van der Waals surface area contributed by atoms with E-state index in [1.165, 1.54) is 11.1 Å². The van der Waals surface area contributed by atoms with Gasteiger partial charge >= 0.3 is 0 Å². The van der Waals surface area contributed by atoms with Crippen LogP contribution in [0.5, 0.6) is 0 Å². The normalized spacial score (nSPS) is 18.9. The highest BCUT2D eigenvalue weighted by Crippen LogP contribution is 2.41. The third kappa shape index (κ3) is 3.13. The fourth-order valence-electron chi connectivity index (χ4n) is 2.08. The average Bonchev–Trinajstić information content (AvgIpc) is 2.29. The van der Waals surface area contributed by atoms with Crippen LogP contribution in [0.2, 0.25) is 0 Å². The Labute approximate surface area is 131 Å². The molecule has 0 saturated heterocycles. The Morgan fingerprint density at radius 1 is 1.12 bits per heavy atom. The van der Waals surface area contributed by atoms with Gasteiger partial charge in [0.15, 0.2) is 0 Å². The highest BCUT2D eigenvalue weighted by molar-refractivity contribution is 14.2. The molecule has 1 aromatic carbocycles. The zero-order valence-electron chi connectivity index (χ0n) is 10.1. The van der Waals surface area contributed by atoms with E-state index in [0.29, 0.717) is 0 Å². The summed E-state index contributed by atoms with van der Waals surface area (Å²) in [5.41, 5.74) is 2.90. The SMILES string of the molecule is CC(C)(C1=CCC(I)(I)C=C1)c1ccccc1. The lowest BCUT2D eigenvalue weighted by molar-refractivity contribution is 0.632. The first-order valence-corrected chi connectivity index (χ1v) is 7.91. The van der Waals surface area contributed by atoms with Crippen LogP contribution in [0.4, 0.5) is 0 Å². The van der Waals surface area contributed by atoms with E-state index in [1.807, 2.05) is 0 Å². The summed E-state index contributed by atoms with van der Waals surface area (Å²) >= 11 is 5.00. The van der Waals surface area contributed by atoms with Crippen molar-refractivity contribution in [1.82, 2.24) is 0 Å². The summed E-state index contributed by atoms with van der Waals surface area (Å²) in [5.74, 6) is 0. The predicted molar refractivity (Wildman–Crippen MR) is 92.1 cm³/mol. The second-order valence-corrected chi connectivity index (χ2v) is 10.9. The third-order valence-electron chi connectivity index (χ3n) is 3.32. The maximum atomic E-state index is 2.50. The van der Waals surface area contributed by atoms with Crippen LogP contribution >= 0.6 is 45.2 Å². The molecule has 2 rings (SSSR count). The van der Waals surface area contributed by atoms with Crippen LogP contribution in [-0.4, -0.2) is 1.43 Å². The first-order chi connectivity index (χ1) is 7.92. The van der Waals surface area contributed by atoms with Gasteiger partial charge in [-0.1, -0.05) is 108 Å². The van der Waals surface area contributed by atoms with E-state index in [1.54, 1.807) is 0 Å². The van der Waals surface area contributed by atoms with Gasteiger partial charge in [-0.3, -0.25) is 0 Å². The minimum Gasteiger partial charge on any atom is -0.0780 e. The first kappa shape index (κ1) is 13.6. The number of allylic oxidation sites excluding steroid dienone is 4. The Bertz CT molecular complexity index is 453. The summed E-state index contributed by atoms with van der Waals surface area (Å²) in [7, 11) is 0. The van der Waals surface area contributed by atoms with Gasteiger partial charge in [0.2, 0.25) is 0 Å². The van der Waals surface area contributed by atoms with Gasteiger partial charge in [-0.25, -0.2) is 0 Å². The highest BCUT2D eigenvalue weighted by Gasteiger charge is 2.28. The Hall–Kier alpha value is 0.160. The quantitative estimate of drug-likeness (QED) is 0.418. The predicted octanol–water partition coefficient (Wildman–Crippen LogP) is 5.42. The molecule has 0 atom stereocenters. The zero-order valence-corrected chi connectivity index (χ0v) is 14.4. The number of benzene rings is 1. The van der Waals surface area contributed by atoms with Gasteiger partial charge in [0.1, 0.15) is 0 Å². The lowest BCUT2D eigenvalue weighted by atomic mass is 9.76. The van der Waals surface area contributed by atoms with Gasteiger partial charge in [-0.15, -0.1) is 0 Å². The van der Waals surface area contributed by atoms with E-state index in [0.717, 1.165) is 6.42 Å². The van der Waals surface area contributed by atoms with Gasteiger partial charge in [0, 0.05) is 5.41 Å². The molecule has 0 radical (unpaired) electrons. The van der Waals surface area contributed by atoms with Crippen LogP contribution in [0.25, 0.3) is 0 Å². The molecule has 0 nitrogen and oxygen atoms in total.